The lowest BCUT2D eigenvalue weighted by Crippen LogP contribution is -2.25. The Morgan fingerprint density at radius 3 is 2.39 bits per heavy atom. The lowest BCUT2D eigenvalue weighted by atomic mass is 10.2. The van der Waals surface area contributed by atoms with Crippen LogP contribution >= 0.6 is 0 Å². The number of fused-ring (bicyclic) bond motifs is 1. The molecule has 0 aliphatic carbocycles. The molecule has 8 heteroatoms. The Balaban J connectivity index is 1.55. The molecule has 0 fully saturated rings. The van der Waals surface area contributed by atoms with Gasteiger partial charge in [0.05, 0.1) is 5.75 Å². The summed E-state index contributed by atoms with van der Waals surface area (Å²) in [7, 11) is -3.88. The van der Waals surface area contributed by atoms with Gasteiger partial charge in [0.2, 0.25) is 0 Å². The van der Waals surface area contributed by atoms with Crippen LogP contribution in [0.4, 0.5) is 0 Å². The molecular formula is C25H24N2O5S. The van der Waals surface area contributed by atoms with E-state index in [4.69, 9.17) is 8.92 Å². The third kappa shape index (κ3) is 5.40. The van der Waals surface area contributed by atoms with Gasteiger partial charge in [0.25, 0.3) is 5.56 Å². The van der Waals surface area contributed by atoms with Crippen molar-refractivity contribution < 1.29 is 17.3 Å². The highest BCUT2D eigenvalue weighted by Gasteiger charge is 2.18. The first-order valence-corrected chi connectivity index (χ1v) is 12.1. The molecular weight excluding hydrogens is 440 g/mol. The zero-order valence-corrected chi connectivity index (χ0v) is 19.2. The number of hydrogen-bond acceptors (Lipinski definition) is 6. The maximum Gasteiger partial charge on any atom is 0.309 e. The summed E-state index contributed by atoms with van der Waals surface area (Å²) in [5.41, 5.74) is 2.84. The summed E-state index contributed by atoms with van der Waals surface area (Å²) in [6, 6.07) is 19.9. The fourth-order valence-electron chi connectivity index (χ4n) is 3.42. The molecule has 33 heavy (non-hydrogen) atoms. The SMILES string of the molecule is Cc1ccc(OS(=O)(=O)CCc2c(C)nc3c(OCc4ccccc4)cccn3c2=O)cc1. The van der Waals surface area contributed by atoms with Crippen molar-refractivity contribution in [3.63, 3.8) is 0 Å². The molecule has 0 unspecified atom stereocenters. The summed E-state index contributed by atoms with van der Waals surface area (Å²) >= 11 is 0. The van der Waals surface area contributed by atoms with Gasteiger partial charge in [-0.1, -0.05) is 48.0 Å². The summed E-state index contributed by atoms with van der Waals surface area (Å²) in [6.45, 7) is 3.93. The second-order valence-electron chi connectivity index (χ2n) is 7.73. The van der Waals surface area contributed by atoms with Crippen molar-refractivity contribution >= 4 is 15.8 Å². The number of aryl methyl sites for hydroxylation is 2. The van der Waals surface area contributed by atoms with E-state index in [2.05, 4.69) is 4.98 Å². The Hall–Kier alpha value is -3.65. The second-order valence-corrected chi connectivity index (χ2v) is 9.42. The van der Waals surface area contributed by atoms with E-state index in [1.807, 2.05) is 37.3 Å². The summed E-state index contributed by atoms with van der Waals surface area (Å²) in [4.78, 5) is 17.7. The molecule has 0 aliphatic rings. The maximum atomic E-state index is 13.1. The third-order valence-corrected chi connectivity index (χ3v) is 6.35. The largest absolute Gasteiger partial charge is 0.485 e. The quantitative estimate of drug-likeness (QED) is 0.368. The van der Waals surface area contributed by atoms with Gasteiger partial charge in [0.15, 0.2) is 11.4 Å². The normalized spacial score (nSPS) is 11.5. The Kier molecular flexibility index (Phi) is 6.46. The van der Waals surface area contributed by atoms with E-state index in [-0.39, 0.29) is 23.5 Å². The van der Waals surface area contributed by atoms with Crippen molar-refractivity contribution in [3.8, 4) is 11.5 Å². The molecule has 0 amide bonds. The first-order valence-electron chi connectivity index (χ1n) is 10.5. The van der Waals surface area contributed by atoms with Gasteiger partial charge in [-0.3, -0.25) is 9.20 Å². The number of ether oxygens (including phenoxy) is 1. The summed E-state index contributed by atoms with van der Waals surface area (Å²) < 4.78 is 37.3. The molecule has 4 rings (SSSR count). The Morgan fingerprint density at radius 1 is 0.939 bits per heavy atom. The van der Waals surface area contributed by atoms with Crippen LogP contribution in [0.5, 0.6) is 11.5 Å². The highest BCUT2D eigenvalue weighted by molar-refractivity contribution is 7.87. The predicted octanol–water partition coefficient (Wildman–Crippen LogP) is 3.84. The molecule has 0 saturated carbocycles. The summed E-state index contributed by atoms with van der Waals surface area (Å²) in [6.07, 6.45) is 1.59. The Labute approximate surface area is 192 Å². The van der Waals surface area contributed by atoms with E-state index in [0.717, 1.165) is 11.1 Å². The second kappa shape index (κ2) is 9.46. The van der Waals surface area contributed by atoms with E-state index < -0.39 is 10.1 Å². The van der Waals surface area contributed by atoms with Crippen molar-refractivity contribution in [1.82, 2.24) is 9.38 Å². The molecule has 0 saturated heterocycles. The fraction of sp³-hybridized carbons (Fsp3) is 0.200. The average Bonchev–Trinajstić information content (AvgIpc) is 2.80. The van der Waals surface area contributed by atoms with Crippen LogP contribution in [0.25, 0.3) is 5.65 Å². The van der Waals surface area contributed by atoms with E-state index in [1.54, 1.807) is 49.5 Å². The first kappa shape index (κ1) is 22.5. The molecule has 0 spiro atoms. The zero-order chi connectivity index (χ0) is 23.4. The van der Waals surface area contributed by atoms with E-state index >= 15 is 0 Å². The van der Waals surface area contributed by atoms with Gasteiger partial charge < -0.3 is 8.92 Å². The topological polar surface area (TPSA) is 87.0 Å². The van der Waals surface area contributed by atoms with E-state index in [9.17, 15) is 13.2 Å². The number of nitrogens with zero attached hydrogens (tertiary/aromatic N) is 2. The molecule has 7 nitrogen and oxygen atoms in total. The Morgan fingerprint density at radius 2 is 1.67 bits per heavy atom. The number of pyridine rings is 1. The van der Waals surface area contributed by atoms with Crippen LogP contribution in [0.2, 0.25) is 0 Å². The molecule has 0 bridgehead atoms. The molecule has 4 aromatic rings. The number of benzene rings is 2. The summed E-state index contributed by atoms with van der Waals surface area (Å²) in [5, 5.41) is 0. The van der Waals surface area contributed by atoms with Gasteiger partial charge in [-0.2, -0.15) is 8.42 Å². The molecule has 2 aromatic heterocycles. The van der Waals surface area contributed by atoms with Crippen molar-refractivity contribution in [1.29, 1.82) is 0 Å². The predicted molar refractivity (Wildman–Crippen MR) is 126 cm³/mol. The lowest BCUT2D eigenvalue weighted by molar-refractivity contribution is 0.308. The average molecular weight is 465 g/mol. The summed E-state index contributed by atoms with van der Waals surface area (Å²) in [5.74, 6) is 0.379. The van der Waals surface area contributed by atoms with Crippen molar-refractivity contribution in [3.05, 3.63) is 106 Å². The number of aromatic nitrogens is 2. The number of rotatable bonds is 8. The fourth-order valence-corrected chi connectivity index (χ4v) is 4.37. The van der Waals surface area contributed by atoms with Crippen LogP contribution < -0.4 is 14.5 Å². The van der Waals surface area contributed by atoms with Crippen LogP contribution in [0.1, 0.15) is 22.4 Å². The van der Waals surface area contributed by atoms with Crippen LogP contribution in [0.15, 0.2) is 77.7 Å². The molecule has 2 aromatic carbocycles. The molecule has 0 aliphatic heterocycles. The standard InChI is InChI=1S/C25H24N2O5S/c1-18-10-12-21(13-11-18)32-33(29,30)16-14-22-19(2)26-24-23(9-6-15-27(24)25(22)28)31-17-20-7-4-3-5-8-20/h3-13,15H,14,16-17H2,1-2H3. The maximum absolute atomic E-state index is 13.1. The van der Waals surface area contributed by atoms with Crippen LogP contribution in [-0.2, 0) is 23.1 Å². The molecule has 170 valence electrons. The first-order chi connectivity index (χ1) is 15.8. The van der Waals surface area contributed by atoms with Crippen LogP contribution in [-0.4, -0.2) is 23.6 Å². The smallest absolute Gasteiger partial charge is 0.309 e. The minimum atomic E-state index is -3.88. The highest BCUT2D eigenvalue weighted by atomic mass is 32.2. The minimum absolute atomic E-state index is 0.0100. The van der Waals surface area contributed by atoms with E-state index in [0.29, 0.717) is 29.3 Å². The third-order valence-electron chi connectivity index (χ3n) is 5.20. The van der Waals surface area contributed by atoms with Crippen LogP contribution in [0.3, 0.4) is 0 Å². The monoisotopic (exact) mass is 464 g/mol. The molecule has 2 heterocycles. The van der Waals surface area contributed by atoms with Crippen molar-refractivity contribution in [2.24, 2.45) is 0 Å². The molecule has 0 radical (unpaired) electrons. The van der Waals surface area contributed by atoms with Gasteiger partial charge in [0.1, 0.15) is 12.4 Å². The van der Waals surface area contributed by atoms with Gasteiger partial charge in [0, 0.05) is 17.5 Å². The lowest BCUT2D eigenvalue weighted by Gasteiger charge is -2.12. The highest BCUT2D eigenvalue weighted by Crippen LogP contribution is 2.20. The van der Waals surface area contributed by atoms with Gasteiger partial charge in [-0.25, -0.2) is 4.98 Å². The van der Waals surface area contributed by atoms with Gasteiger partial charge in [-0.15, -0.1) is 0 Å². The van der Waals surface area contributed by atoms with Gasteiger partial charge in [-0.05, 0) is 50.1 Å². The molecule has 0 atom stereocenters. The minimum Gasteiger partial charge on any atom is -0.485 e. The van der Waals surface area contributed by atoms with Gasteiger partial charge >= 0.3 is 10.1 Å². The molecule has 0 N–H and O–H groups in total. The zero-order valence-electron chi connectivity index (χ0n) is 18.4. The van der Waals surface area contributed by atoms with Crippen molar-refractivity contribution in [2.75, 3.05) is 5.75 Å². The Bertz CT molecular complexity index is 1430. The van der Waals surface area contributed by atoms with E-state index in [1.165, 1.54) is 4.40 Å². The van der Waals surface area contributed by atoms with Crippen LogP contribution in [0, 0.1) is 13.8 Å². The van der Waals surface area contributed by atoms with Crippen molar-refractivity contribution in [2.45, 2.75) is 26.9 Å². The number of hydrogen-bond donors (Lipinski definition) is 0.